The van der Waals surface area contributed by atoms with Gasteiger partial charge < -0.3 is 20.8 Å². The highest BCUT2D eigenvalue weighted by Crippen LogP contribution is 2.19. The lowest BCUT2D eigenvalue weighted by molar-refractivity contribution is -0.139. The van der Waals surface area contributed by atoms with Gasteiger partial charge in [0.2, 0.25) is 11.8 Å². The fourth-order valence-corrected chi connectivity index (χ4v) is 2.98. The molecular weight excluding hydrogens is 402 g/mol. The largest absolute Gasteiger partial charge is 0.391 e. The molecule has 0 aliphatic rings. The number of hydrogen-bond acceptors (Lipinski definition) is 6. The van der Waals surface area contributed by atoms with Gasteiger partial charge >= 0.3 is 0 Å². The first-order valence-electron chi connectivity index (χ1n) is 9.77. The second kappa shape index (κ2) is 11.2. The highest BCUT2D eigenvalue weighted by molar-refractivity contribution is 5.92. The van der Waals surface area contributed by atoms with E-state index in [1.165, 1.54) is 19.3 Å². The van der Waals surface area contributed by atoms with E-state index < -0.39 is 42.0 Å². The molecule has 3 amide bonds. The first-order chi connectivity index (χ1) is 14.7. The van der Waals surface area contributed by atoms with Crippen molar-refractivity contribution >= 4 is 17.7 Å². The van der Waals surface area contributed by atoms with Crippen molar-refractivity contribution in [1.29, 1.82) is 0 Å². The highest BCUT2D eigenvalue weighted by atomic mass is 16.5. The maximum atomic E-state index is 12.5. The molecule has 0 aromatic heterocycles. The normalized spacial score (nSPS) is 14.6. The number of amides is 3. The standard InChI is InChI=1S/C22H27N3O6/c1-13(26)19(21(29)24-20(14(2)27)22(30)25-31)23-18(28)12-15-8-10-17(11-9-15)16-6-4-3-5-7-16/h3-11,13-14,19-20,26-27,31H,12H2,1-2H3,(H,23,28)(H,24,29)(H,25,30)/t13-,14-,19+,20+/m1/s1. The summed E-state index contributed by atoms with van der Waals surface area (Å²) in [6.07, 6.45) is -2.61. The van der Waals surface area contributed by atoms with Gasteiger partial charge in [0.25, 0.3) is 5.91 Å². The molecule has 0 fully saturated rings. The molecule has 0 saturated heterocycles. The molecule has 4 atom stereocenters. The monoisotopic (exact) mass is 429 g/mol. The lowest BCUT2D eigenvalue weighted by Crippen LogP contribution is -2.59. The number of carbonyl (C=O) groups excluding carboxylic acids is 3. The Balaban J connectivity index is 2.02. The Bertz CT molecular complexity index is 884. The Kier molecular flexibility index (Phi) is 8.68. The number of carbonyl (C=O) groups is 3. The van der Waals surface area contributed by atoms with Crippen LogP contribution < -0.4 is 16.1 Å². The van der Waals surface area contributed by atoms with Crippen LogP contribution in [-0.2, 0) is 20.8 Å². The Labute approximate surface area is 180 Å². The van der Waals surface area contributed by atoms with Gasteiger partial charge in [-0.2, -0.15) is 0 Å². The lowest BCUT2D eigenvalue weighted by Gasteiger charge is -2.25. The van der Waals surface area contributed by atoms with Crippen molar-refractivity contribution in [2.75, 3.05) is 0 Å². The minimum absolute atomic E-state index is 0.0253. The predicted octanol–water partition coefficient (Wildman–Crippen LogP) is 0.133. The summed E-state index contributed by atoms with van der Waals surface area (Å²) in [5, 5.41) is 32.9. The van der Waals surface area contributed by atoms with Crippen LogP contribution in [-0.4, -0.2) is 57.4 Å². The Morgan fingerprint density at radius 2 is 1.29 bits per heavy atom. The summed E-state index contributed by atoms with van der Waals surface area (Å²) in [5.41, 5.74) is 4.10. The molecule has 0 heterocycles. The minimum atomic E-state index is -1.46. The van der Waals surface area contributed by atoms with E-state index in [1.54, 1.807) is 12.1 Å². The molecule has 0 radical (unpaired) electrons. The van der Waals surface area contributed by atoms with Crippen molar-refractivity contribution in [2.45, 2.75) is 44.6 Å². The number of aliphatic hydroxyl groups is 2. The van der Waals surface area contributed by atoms with E-state index >= 15 is 0 Å². The molecule has 31 heavy (non-hydrogen) atoms. The molecule has 0 saturated carbocycles. The average Bonchev–Trinajstić information content (AvgIpc) is 2.75. The second-order valence-corrected chi connectivity index (χ2v) is 7.23. The molecule has 0 aliphatic heterocycles. The molecule has 2 aromatic carbocycles. The molecule has 9 heteroatoms. The van der Waals surface area contributed by atoms with Gasteiger partial charge in [-0.05, 0) is 30.5 Å². The smallest absolute Gasteiger partial charge is 0.268 e. The van der Waals surface area contributed by atoms with Crippen LogP contribution in [0.15, 0.2) is 54.6 Å². The zero-order chi connectivity index (χ0) is 23.0. The summed E-state index contributed by atoms with van der Waals surface area (Å²) in [6.45, 7) is 2.55. The molecular formula is C22H27N3O6. The molecule has 0 aliphatic carbocycles. The van der Waals surface area contributed by atoms with Crippen LogP contribution in [0.1, 0.15) is 19.4 Å². The maximum absolute atomic E-state index is 12.5. The topological polar surface area (TPSA) is 148 Å². The minimum Gasteiger partial charge on any atom is -0.391 e. The molecule has 2 aromatic rings. The van der Waals surface area contributed by atoms with E-state index in [0.717, 1.165) is 11.1 Å². The van der Waals surface area contributed by atoms with E-state index in [1.807, 2.05) is 42.5 Å². The van der Waals surface area contributed by atoms with Crippen molar-refractivity contribution in [3.05, 3.63) is 60.2 Å². The van der Waals surface area contributed by atoms with Crippen LogP contribution in [0.25, 0.3) is 11.1 Å². The third-order valence-corrected chi connectivity index (χ3v) is 4.68. The summed E-state index contributed by atoms with van der Waals surface area (Å²) < 4.78 is 0. The molecule has 0 unspecified atom stereocenters. The number of rotatable bonds is 9. The zero-order valence-electron chi connectivity index (χ0n) is 17.3. The van der Waals surface area contributed by atoms with Crippen LogP contribution in [0.5, 0.6) is 0 Å². The summed E-state index contributed by atoms with van der Waals surface area (Å²) in [4.78, 5) is 36.5. The SMILES string of the molecule is C[C@@H](O)[C@H](NC(=O)Cc1ccc(-c2ccccc2)cc1)C(=O)N[C@H](C(=O)NO)[C@@H](C)O. The third-order valence-electron chi connectivity index (χ3n) is 4.68. The summed E-state index contributed by atoms with van der Waals surface area (Å²) in [6, 6.07) is 14.3. The third kappa shape index (κ3) is 6.88. The van der Waals surface area contributed by atoms with Gasteiger partial charge in [0.1, 0.15) is 12.1 Å². The van der Waals surface area contributed by atoms with Gasteiger partial charge in [-0.15, -0.1) is 0 Å². The molecule has 2 rings (SSSR count). The summed E-state index contributed by atoms with van der Waals surface area (Å²) >= 11 is 0. The van der Waals surface area contributed by atoms with E-state index in [4.69, 9.17) is 5.21 Å². The first-order valence-corrected chi connectivity index (χ1v) is 9.77. The number of benzene rings is 2. The predicted molar refractivity (Wildman–Crippen MR) is 113 cm³/mol. The molecule has 9 nitrogen and oxygen atoms in total. The van der Waals surface area contributed by atoms with E-state index in [2.05, 4.69) is 10.6 Å². The lowest BCUT2D eigenvalue weighted by atomic mass is 10.0. The number of nitrogens with one attached hydrogen (secondary N) is 3. The number of hydroxylamine groups is 1. The van der Waals surface area contributed by atoms with Crippen LogP contribution >= 0.6 is 0 Å². The van der Waals surface area contributed by atoms with Crippen LogP contribution in [0.2, 0.25) is 0 Å². The first kappa shape index (κ1) is 24.0. The Morgan fingerprint density at radius 1 is 0.774 bits per heavy atom. The zero-order valence-corrected chi connectivity index (χ0v) is 17.3. The average molecular weight is 429 g/mol. The number of hydrogen-bond donors (Lipinski definition) is 6. The van der Waals surface area contributed by atoms with E-state index in [-0.39, 0.29) is 6.42 Å². The maximum Gasteiger partial charge on any atom is 0.268 e. The van der Waals surface area contributed by atoms with Crippen LogP contribution in [0.3, 0.4) is 0 Å². The van der Waals surface area contributed by atoms with Crippen molar-refractivity contribution in [3.63, 3.8) is 0 Å². The second-order valence-electron chi connectivity index (χ2n) is 7.23. The van der Waals surface area contributed by atoms with Gasteiger partial charge in [-0.1, -0.05) is 54.6 Å². The highest BCUT2D eigenvalue weighted by Gasteiger charge is 2.31. The van der Waals surface area contributed by atoms with Crippen LogP contribution in [0.4, 0.5) is 0 Å². The Hall–Kier alpha value is -3.27. The van der Waals surface area contributed by atoms with Crippen LogP contribution in [0, 0.1) is 0 Å². The fraction of sp³-hybridized carbons (Fsp3) is 0.318. The van der Waals surface area contributed by atoms with E-state index in [9.17, 15) is 24.6 Å². The molecule has 0 spiro atoms. The van der Waals surface area contributed by atoms with Gasteiger partial charge in [0.15, 0.2) is 0 Å². The Morgan fingerprint density at radius 3 is 1.81 bits per heavy atom. The van der Waals surface area contributed by atoms with Gasteiger partial charge in [0, 0.05) is 0 Å². The fourth-order valence-electron chi connectivity index (χ4n) is 2.98. The molecule has 0 bridgehead atoms. The molecule has 166 valence electrons. The van der Waals surface area contributed by atoms with Gasteiger partial charge in [0.05, 0.1) is 18.6 Å². The van der Waals surface area contributed by atoms with Crippen molar-refractivity contribution in [1.82, 2.24) is 16.1 Å². The molecule has 6 N–H and O–H groups in total. The van der Waals surface area contributed by atoms with Crippen molar-refractivity contribution < 1.29 is 29.8 Å². The summed E-state index contributed by atoms with van der Waals surface area (Å²) in [5.74, 6) is -2.41. The van der Waals surface area contributed by atoms with E-state index in [0.29, 0.717) is 5.56 Å². The quantitative estimate of drug-likeness (QED) is 0.247. The van der Waals surface area contributed by atoms with Gasteiger partial charge in [-0.25, -0.2) is 5.48 Å². The van der Waals surface area contributed by atoms with Gasteiger partial charge in [-0.3, -0.25) is 19.6 Å². The summed E-state index contributed by atoms with van der Waals surface area (Å²) in [7, 11) is 0. The van der Waals surface area contributed by atoms with Crippen molar-refractivity contribution in [3.8, 4) is 11.1 Å². The van der Waals surface area contributed by atoms with Crippen molar-refractivity contribution in [2.24, 2.45) is 0 Å². The number of aliphatic hydroxyl groups excluding tert-OH is 2.